The van der Waals surface area contributed by atoms with Gasteiger partial charge in [-0.3, -0.25) is 9.40 Å². The zero-order valence-electron chi connectivity index (χ0n) is 16.0. The average molecular weight is 434 g/mol. The van der Waals surface area contributed by atoms with Crippen LogP contribution < -0.4 is 4.72 Å². The summed E-state index contributed by atoms with van der Waals surface area (Å²) < 4.78 is 56.9. The zero-order chi connectivity index (χ0) is 21.5. The molecule has 7 nitrogen and oxygen atoms in total. The van der Waals surface area contributed by atoms with Gasteiger partial charge in [-0.15, -0.1) is 0 Å². The highest BCUT2D eigenvalue weighted by Gasteiger charge is 2.32. The van der Waals surface area contributed by atoms with E-state index < -0.39 is 22.7 Å². The summed E-state index contributed by atoms with van der Waals surface area (Å²) in [6.07, 6.45) is 0.928. The topological polar surface area (TPSA) is 77.6 Å². The molecule has 0 spiro atoms. The van der Waals surface area contributed by atoms with Gasteiger partial charge < -0.3 is 0 Å². The first-order valence-corrected chi connectivity index (χ1v) is 10.1. The van der Waals surface area contributed by atoms with Crippen LogP contribution in [0.5, 0.6) is 0 Å². The SMILES string of the molecule is CCc1ccc2cnn(C)c2c1NS(=O)c1ccc(-n2cc(C(F)(F)F)cn2)nc1. The Hall–Kier alpha value is -3.21. The van der Waals surface area contributed by atoms with Crippen molar-refractivity contribution >= 4 is 27.6 Å². The molecule has 156 valence electrons. The van der Waals surface area contributed by atoms with E-state index in [1.54, 1.807) is 10.9 Å². The van der Waals surface area contributed by atoms with Crippen LogP contribution in [0.25, 0.3) is 16.7 Å². The van der Waals surface area contributed by atoms with E-state index in [-0.39, 0.29) is 5.82 Å². The molecule has 1 atom stereocenters. The monoisotopic (exact) mass is 434 g/mol. The number of hydrogen-bond donors (Lipinski definition) is 1. The van der Waals surface area contributed by atoms with Crippen molar-refractivity contribution in [1.29, 1.82) is 0 Å². The van der Waals surface area contributed by atoms with Crippen molar-refractivity contribution in [3.05, 3.63) is 60.2 Å². The second-order valence-electron chi connectivity index (χ2n) is 6.55. The summed E-state index contributed by atoms with van der Waals surface area (Å²) in [7, 11) is 0.180. The minimum absolute atomic E-state index is 0.189. The summed E-state index contributed by atoms with van der Waals surface area (Å²) in [5, 5.41) is 8.86. The highest BCUT2D eigenvalue weighted by atomic mass is 32.2. The molecule has 1 aromatic carbocycles. The number of alkyl halides is 3. The maximum Gasteiger partial charge on any atom is 0.419 e. The predicted molar refractivity (Wildman–Crippen MR) is 106 cm³/mol. The van der Waals surface area contributed by atoms with Crippen LogP contribution >= 0.6 is 0 Å². The van der Waals surface area contributed by atoms with Crippen molar-refractivity contribution in [3.8, 4) is 5.82 Å². The number of anilines is 1. The molecule has 1 N–H and O–H groups in total. The third-order valence-electron chi connectivity index (χ3n) is 4.64. The number of nitrogens with one attached hydrogen (secondary N) is 1. The number of benzene rings is 1. The van der Waals surface area contributed by atoms with Gasteiger partial charge in [-0.2, -0.15) is 23.4 Å². The van der Waals surface area contributed by atoms with Gasteiger partial charge in [0.1, 0.15) is 0 Å². The molecule has 0 aliphatic carbocycles. The van der Waals surface area contributed by atoms with Crippen molar-refractivity contribution in [1.82, 2.24) is 24.5 Å². The van der Waals surface area contributed by atoms with Crippen LogP contribution in [0.2, 0.25) is 0 Å². The van der Waals surface area contributed by atoms with Crippen molar-refractivity contribution < 1.29 is 17.4 Å². The Kier molecular flexibility index (Phi) is 5.06. The van der Waals surface area contributed by atoms with Gasteiger partial charge in [0.2, 0.25) is 0 Å². The summed E-state index contributed by atoms with van der Waals surface area (Å²) in [5.74, 6) is 0.189. The van der Waals surface area contributed by atoms with Crippen molar-refractivity contribution in [2.24, 2.45) is 7.05 Å². The lowest BCUT2D eigenvalue weighted by Crippen LogP contribution is -2.09. The third kappa shape index (κ3) is 3.67. The van der Waals surface area contributed by atoms with Gasteiger partial charge in [0.05, 0.1) is 34.1 Å². The fourth-order valence-electron chi connectivity index (χ4n) is 3.08. The fraction of sp³-hybridized carbons (Fsp3) is 0.211. The Morgan fingerprint density at radius 3 is 2.53 bits per heavy atom. The summed E-state index contributed by atoms with van der Waals surface area (Å²) in [6.45, 7) is 2.00. The summed E-state index contributed by atoms with van der Waals surface area (Å²) in [4.78, 5) is 4.48. The maximum atomic E-state index is 12.9. The van der Waals surface area contributed by atoms with Gasteiger partial charge in [0.15, 0.2) is 16.8 Å². The number of fused-ring (bicyclic) bond motifs is 1. The molecule has 0 fully saturated rings. The summed E-state index contributed by atoms with van der Waals surface area (Å²) in [5.41, 5.74) is 1.68. The number of aryl methyl sites for hydroxylation is 2. The summed E-state index contributed by atoms with van der Waals surface area (Å²) >= 11 is 0. The lowest BCUT2D eigenvalue weighted by atomic mass is 10.1. The maximum absolute atomic E-state index is 12.9. The number of nitrogens with zero attached hydrogens (tertiary/aromatic N) is 5. The zero-order valence-corrected chi connectivity index (χ0v) is 16.8. The second-order valence-corrected chi connectivity index (χ2v) is 7.77. The van der Waals surface area contributed by atoms with Gasteiger partial charge in [-0.25, -0.2) is 13.9 Å². The molecule has 0 aliphatic heterocycles. The van der Waals surface area contributed by atoms with Crippen molar-refractivity contribution in [3.63, 3.8) is 0 Å². The molecule has 0 saturated heterocycles. The first kappa shape index (κ1) is 20.1. The van der Waals surface area contributed by atoms with Crippen LogP contribution in [0.1, 0.15) is 18.1 Å². The van der Waals surface area contributed by atoms with E-state index in [1.165, 1.54) is 18.3 Å². The van der Waals surface area contributed by atoms with Crippen molar-refractivity contribution in [2.75, 3.05) is 4.72 Å². The molecule has 0 radical (unpaired) electrons. The lowest BCUT2D eigenvalue weighted by Gasteiger charge is -2.13. The Labute approximate surface area is 172 Å². The number of rotatable bonds is 5. The van der Waals surface area contributed by atoms with Crippen LogP contribution in [0.15, 0.2) is 53.9 Å². The van der Waals surface area contributed by atoms with E-state index in [1.807, 2.05) is 26.1 Å². The highest BCUT2D eigenvalue weighted by Crippen LogP contribution is 2.30. The molecular weight excluding hydrogens is 417 g/mol. The quantitative estimate of drug-likeness (QED) is 0.517. The van der Waals surface area contributed by atoms with Crippen LogP contribution in [-0.2, 0) is 30.6 Å². The molecule has 3 aromatic heterocycles. The fourth-order valence-corrected chi connectivity index (χ4v) is 3.95. The van der Waals surface area contributed by atoms with Gasteiger partial charge in [0, 0.05) is 24.8 Å². The average Bonchev–Trinajstić information content (AvgIpc) is 3.36. The van der Waals surface area contributed by atoms with Crippen LogP contribution in [0.4, 0.5) is 18.9 Å². The normalized spacial score (nSPS) is 13.0. The Bertz CT molecular complexity index is 1230. The molecule has 0 aliphatic rings. The lowest BCUT2D eigenvalue weighted by molar-refractivity contribution is -0.137. The molecule has 4 rings (SSSR count). The number of pyridine rings is 1. The van der Waals surface area contributed by atoms with Crippen LogP contribution in [-0.4, -0.2) is 28.8 Å². The first-order valence-electron chi connectivity index (χ1n) is 8.98. The summed E-state index contributed by atoms with van der Waals surface area (Å²) in [6, 6.07) is 6.93. The van der Waals surface area contributed by atoms with E-state index >= 15 is 0 Å². The molecule has 30 heavy (non-hydrogen) atoms. The van der Waals surface area contributed by atoms with E-state index in [9.17, 15) is 17.4 Å². The Morgan fingerprint density at radius 2 is 1.90 bits per heavy atom. The Balaban J connectivity index is 1.60. The molecular formula is C19H17F3N6OS. The van der Waals surface area contributed by atoms with E-state index in [2.05, 4.69) is 19.9 Å². The molecule has 1 unspecified atom stereocenters. The molecule has 0 saturated carbocycles. The predicted octanol–water partition coefficient (Wildman–Crippen LogP) is 3.87. The molecule has 4 aromatic rings. The molecule has 0 bridgehead atoms. The van der Waals surface area contributed by atoms with Crippen LogP contribution in [0.3, 0.4) is 0 Å². The minimum atomic E-state index is -4.48. The van der Waals surface area contributed by atoms with Crippen LogP contribution in [0, 0.1) is 0 Å². The second kappa shape index (κ2) is 7.56. The van der Waals surface area contributed by atoms with Gasteiger partial charge in [-0.1, -0.05) is 19.1 Å². The number of hydrogen-bond acceptors (Lipinski definition) is 4. The highest BCUT2D eigenvalue weighted by molar-refractivity contribution is 7.86. The number of aromatic nitrogens is 5. The molecule has 0 amide bonds. The largest absolute Gasteiger partial charge is 0.419 e. The van der Waals surface area contributed by atoms with Crippen molar-refractivity contribution in [2.45, 2.75) is 24.4 Å². The van der Waals surface area contributed by atoms with Gasteiger partial charge in [0.25, 0.3) is 0 Å². The molecule has 3 heterocycles. The third-order valence-corrected chi connectivity index (χ3v) is 5.70. The minimum Gasteiger partial charge on any atom is -0.299 e. The van der Waals surface area contributed by atoms with Gasteiger partial charge in [-0.05, 0) is 24.1 Å². The van der Waals surface area contributed by atoms with E-state index in [4.69, 9.17) is 0 Å². The Morgan fingerprint density at radius 1 is 1.10 bits per heavy atom. The molecule has 11 heteroatoms. The standard InChI is InChI=1S/C19H17F3N6OS/c1-3-12-4-5-13-8-24-27(2)18(13)17(12)26-30(29)15-6-7-16(23-10-15)28-11-14(9-25-28)19(20,21)22/h4-11,26H,3H2,1-2H3. The van der Waals surface area contributed by atoms with E-state index in [0.29, 0.717) is 4.90 Å². The smallest absolute Gasteiger partial charge is 0.299 e. The van der Waals surface area contributed by atoms with Gasteiger partial charge >= 0.3 is 6.18 Å². The number of halogens is 3. The van der Waals surface area contributed by atoms with E-state index in [0.717, 1.165) is 45.7 Å². The first-order chi connectivity index (χ1) is 14.3.